The number of nitrogens with one attached hydrogen (secondary N) is 1. The summed E-state index contributed by atoms with van der Waals surface area (Å²) in [5, 5.41) is 7.46. The van der Waals surface area contributed by atoms with Crippen molar-refractivity contribution in [1.82, 2.24) is 15.4 Å². The van der Waals surface area contributed by atoms with Crippen LogP contribution in [0.25, 0.3) is 11.0 Å². The predicted octanol–water partition coefficient (Wildman–Crippen LogP) is 3.27. The van der Waals surface area contributed by atoms with Crippen molar-refractivity contribution < 1.29 is 18.5 Å². The first kappa shape index (κ1) is 18.0. The summed E-state index contributed by atoms with van der Waals surface area (Å²) in [5.41, 5.74) is 3.32. The number of halogens is 1. The Morgan fingerprint density at radius 3 is 2.79 bits per heavy atom. The zero-order chi connectivity index (χ0) is 20.0. The highest BCUT2D eigenvalue weighted by molar-refractivity contribution is 6.22. The van der Waals surface area contributed by atoms with Gasteiger partial charge in [0.15, 0.2) is 5.58 Å². The van der Waals surface area contributed by atoms with Gasteiger partial charge in [-0.1, -0.05) is 17.3 Å². The van der Waals surface area contributed by atoms with Crippen molar-refractivity contribution in [1.29, 1.82) is 0 Å². The zero-order valence-corrected chi connectivity index (χ0v) is 15.8. The van der Waals surface area contributed by atoms with Gasteiger partial charge in [0.05, 0.1) is 16.8 Å². The van der Waals surface area contributed by atoms with Crippen LogP contribution in [-0.4, -0.2) is 41.5 Å². The Hall–Kier alpha value is -3.06. The third-order valence-electron chi connectivity index (χ3n) is 5.98. The maximum absolute atomic E-state index is 13.4. The number of rotatable bonds is 4. The van der Waals surface area contributed by atoms with Crippen LogP contribution in [0.5, 0.6) is 0 Å². The van der Waals surface area contributed by atoms with Crippen molar-refractivity contribution in [3.8, 4) is 0 Å². The van der Waals surface area contributed by atoms with E-state index in [1.807, 2.05) is 12.1 Å². The molecule has 3 heterocycles. The lowest BCUT2D eigenvalue weighted by Crippen LogP contribution is -2.34. The van der Waals surface area contributed by atoms with Crippen LogP contribution in [0, 0.1) is 5.82 Å². The van der Waals surface area contributed by atoms with Crippen molar-refractivity contribution in [2.24, 2.45) is 0 Å². The molecule has 1 N–H and O–H groups in total. The molecule has 29 heavy (non-hydrogen) atoms. The van der Waals surface area contributed by atoms with Crippen LogP contribution in [-0.2, 0) is 6.42 Å². The molecule has 148 valence electrons. The summed E-state index contributed by atoms with van der Waals surface area (Å²) in [5.74, 6) is -0.638. The van der Waals surface area contributed by atoms with Gasteiger partial charge in [-0.15, -0.1) is 0 Å². The molecule has 1 saturated heterocycles. The van der Waals surface area contributed by atoms with Crippen molar-refractivity contribution >= 4 is 22.8 Å². The summed E-state index contributed by atoms with van der Waals surface area (Å²) in [4.78, 5) is 26.3. The van der Waals surface area contributed by atoms with Crippen LogP contribution in [0.3, 0.4) is 0 Å². The van der Waals surface area contributed by atoms with Crippen LogP contribution in [0.2, 0.25) is 0 Å². The van der Waals surface area contributed by atoms with Crippen molar-refractivity contribution in [3.05, 3.63) is 64.6 Å². The molecule has 0 unspecified atom stereocenters. The lowest BCUT2D eigenvalue weighted by atomic mass is 9.91. The van der Waals surface area contributed by atoms with Gasteiger partial charge in [0.25, 0.3) is 11.8 Å². The number of nitrogens with zero attached hydrogens (tertiary/aromatic N) is 2. The van der Waals surface area contributed by atoms with E-state index < -0.39 is 0 Å². The quantitative estimate of drug-likeness (QED) is 0.689. The number of hydrogen-bond donors (Lipinski definition) is 1. The molecule has 2 aromatic carbocycles. The van der Waals surface area contributed by atoms with Gasteiger partial charge in [0, 0.05) is 23.9 Å². The largest absolute Gasteiger partial charge is 0.356 e. The van der Waals surface area contributed by atoms with Gasteiger partial charge >= 0.3 is 0 Å². The summed E-state index contributed by atoms with van der Waals surface area (Å²) in [7, 11) is 0. The highest BCUT2D eigenvalue weighted by Crippen LogP contribution is 2.33. The van der Waals surface area contributed by atoms with Crippen LogP contribution in [0.4, 0.5) is 4.39 Å². The monoisotopic (exact) mass is 393 g/mol. The normalized spacial score (nSPS) is 17.7. The zero-order valence-electron chi connectivity index (χ0n) is 15.8. The average molecular weight is 393 g/mol. The number of benzene rings is 2. The molecular weight excluding hydrogens is 373 g/mol. The van der Waals surface area contributed by atoms with Gasteiger partial charge in [-0.3, -0.25) is 14.9 Å². The molecule has 0 radical (unpaired) electrons. The second kappa shape index (κ2) is 7.08. The maximum Gasteiger partial charge on any atom is 0.259 e. The van der Waals surface area contributed by atoms with Gasteiger partial charge in [-0.2, -0.15) is 0 Å². The number of carbonyl (C=O) groups excluding carboxylic acids is 2. The Balaban J connectivity index is 1.23. The van der Waals surface area contributed by atoms with E-state index in [2.05, 4.69) is 15.4 Å². The first-order chi connectivity index (χ1) is 14.1. The van der Waals surface area contributed by atoms with Gasteiger partial charge < -0.3 is 9.42 Å². The molecular formula is C22H20FN3O3. The standard InChI is InChI=1S/C22H20FN3O3/c23-15-4-5-16-18(12-15)29-25-20(16)14-7-10-26(11-8-14)9-6-13-2-1-3-17-19(13)22(28)24-21(17)27/h1-5,12,14H,6-11H2,(H,24,27,28). The summed E-state index contributed by atoms with van der Waals surface area (Å²) in [6.45, 7) is 2.66. The van der Waals surface area contributed by atoms with Crippen LogP contribution in [0.1, 0.15) is 50.7 Å². The highest BCUT2D eigenvalue weighted by atomic mass is 19.1. The molecule has 3 aromatic rings. The predicted molar refractivity (Wildman–Crippen MR) is 104 cm³/mol. The summed E-state index contributed by atoms with van der Waals surface area (Å²) in [6.07, 6.45) is 2.62. The fourth-order valence-corrected chi connectivity index (χ4v) is 4.43. The van der Waals surface area contributed by atoms with Crippen molar-refractivity contribution in [2.75, 3.05) is 19.6 Å². The van der Waals surface area contributed by atoms with Crippen molar-refractivity contribution in [3.63, 3.8) is 0 Å². The topological polar surface area (TPSA) is 75.4 Å². The molecule has 6 nitrogen and oxygen atoms in total. The summed E-state index contributed by atoms with van der Waals surface area (Å²) in [6, 6.07) is 10.0. The van der Waals surface area contributed by atoms with Crippen LogP contribution in [0.15, 0.2) is 40.9 Å². The second-order valence-corrected chi connectivity index (χ2v) is 7.70. The Morgan fingerprint density at radius 1 is 1.14 bits per heavy atom. The van der Waals surface area contributed by atoms with E-state index in [9.17, 15) is 14.0 Å². The molecule has 1 aromatic heterocycles. The molecule has 0 saturated carbocycles. The molecule has 2 aliphatic heterocycles. The first-order valence-corrected chi connectivity index (χ1v) is 9.85. The molecule has 1 fully saturated rings. The van der Waals surface area contributed by atoms with E-state index in [4.69, 9.17) is 4.52 Å². The number of fused-ring (bicyclic) bond motifs is 2. The number of piperidine rings is 1. The van der Waals surface area contributed by atoms with E-state index >= 15 is 0 Å². The fourth-order valence-electron chi connectivity index (χ4n) is 4.43. The average Bonchev–Trinajstić information content (AvgIpc) is 3.27. The van der Waals surface area contributed by atoms with Crippen LogP contribution >= 0.6 is 0 Å². The first-order valence-electron chi connectivity index (χ1n) is 9.85. The third-order valence-corrected chi connectivity index (χ3v) is 5.98. The minimum Gasteiger partial charge on any atom is -0.356 e. The number of imide groups is 1. The SMILES string of the molecule is O=C1NC(=O)c2c(CCN3CCC(c4noc5cc(F)ccc45)CC3)cccc21. The maximum atomic E-state index is 13.4. The Kier molecular flexibility index (Phi) is 4.39. The minimum absolute atomic E-state index is 0.294. The molecule has 2 aliphatic rings. The number of hydrogen-bond acceptors (Lipinski definition) is 5. The van der Waals surface area contributed by atoms with Gasteiger partial charge in [0.2, 0.25) is 0 Å². The Bertz CT molecular complexity index is 1120. The molecule has 0 atom stereocenters. The molecule has 2 amide bonds. The molecule has 0 aliphatic carbocycles. The van der Waals surface area contributed by atoms with Gasteiger partial charge in [0.1, 0.15) is 5.82 Å². The van der Waals surface area contributed by atoms with Crippen molar-refractivity contribution in [2.45, 2.75) is 25.2 Å². The van der Waals surface area contributed by atoms with Gasteiger partial charge in [-0.25, -0.2) is 4.39 Å². The minimum atomic E-state index is -0.321. The summed E-state index contributed by atoms with van der Waals surface area (Å²) < 4.78 is 18.7. The van der Waals surface area contributed by atoms with E-state index in [1.165, 1.54) is 12.1 Å². The number of likely N-dealkylation sites (tertiary alicyclic amines) is 1. The molecule has 0 spiro atoms. The van der Waals surface area contributed by atoms with E-state index in [0.29, 0.717) is 22.6 Å². The van der Waals surface area contributed by atoms with E-state index in [-0.39, 0.29) is 17.6 Å². The summed E-state index contributed by atoms with van der Waals surface area (Å²) >= 11 is 0. The van der Waals surface area contributed by atoms with Gasteiger partial charge in [-0.05, 0) is 56.1 Å². The molecule has 7 heteroatoms. The number of carbonyl (C=O) groups is 2. The molecule has 5 rings (SSSR count). The number of aromatic nitrogens is 1. The van der Waals surface area contributed by atoms with E-state index in [1.54, 1.807) is 12.1 Å². The fraction of sp³-hybridized carbons (Fsp3) is 0.318. The Morgan fingerprint density at radius 2 is 1.97 bits per heavy atom. The smallest absolute Gasteiger partial charge is 0.259 e. The lowest BCUT2D eigenvalue weighted by Gasteiger charge is -2.31. The lowest BCUT2D eigenvalue weighted by molar-refractivity contribution is 0.0879. The third kappa shape index (κ3) is 3.21. The highest BCUT2D eigenvalue weighted by Gasteiger charge is 2.29. The Labute approximate surface area is 166 Å². The molecule has 0 bridgehead atoms. The second-order valence-electron chi connectivity index (χ2n) is 7.70. The van der Waals surface area contributed by atoms with Crippen LogP contribution < -0.4 is 5.32 Å². The van der Waals surface area contributed by atoms with E-state index in [0.717, 1.165) is 55.5 Å². The number of amides is 2.